The maximum absolute atomic E-state index is 13.2. The van der Waals surface area contributed by atoms with Gasteiger partial charge >= 0.3 is 0 Å². The molecule has 0 bridgehead atoms. The molecule has 1 amide bonds. The van der Waals surface area contributed by atoms with Crippen molar-refractivity contribution in [3.63, 3.8) is 0 Å². The molecule has 0 unspecified atom stereocenters. The lowest BCUT2D eigenvalue weighted by molar-refractivity contribution is -0.116. The molecule has 0 fully saturated rings. The Balaban J connectivity index is 1.80. The predicted octanol–water partition coefficient (Wildman–Crippen LogP) is 4.83. The van der Waals surface area contributed by atoms with Crippen LogP contribution >= 0.6 is 27.3 Å². The summed E-state index contributed by atoms with van der Waals surface area (Å²) in [5, 5.41) is 4.39. The zero-order valence-electron chi connectivity index (χ0n) is 14.8. The molecule has 0 radical (unpaired) electrons. The second kappa shape index (κ2) is 7.35. The van der Waals surface area contributed by atoms with E-state index in [9.17, 15) is 13.2 Å². The summed E-state index contributed by atoms with van der Waals surface area (Å²) in [6, 6.07) is 14.0. The average molecular weight is 478 g/mol. The van der Waals surface area contributed by atoms with Gasteiger partial charge in [-0.25, -0.2) is 8.42 Å². The highest BCUT2D eigenvalue weighted by Gasteiger charge is 2.34. The van der Waals surface area contributed by atoms with Gasteiger partial charge < -0.3 is 10.1 Å². The molecule has 1 N–H and O–H groups in total. The molecule has 1 aliphatic rings. The van der Waals surface area contributed by atoms with Crippen molar-refractivity contribution in [1.82, 2.24) is 0 Å². The van der Waals surface area contributed by atoms with Crippen LogP contribution in [0.5, 0.6) is 5.75 Å². The number of ether oxygens (including phenoxy) is 1. The molecular formula is C20H16BrNO4S2. The summed E-state index contributed by atoms with van der Waals surface area (Å²) in [7, 11) is -2.24. The first kappa shape index (κ1) is 19.2. The average Bonchev–Trinajstić information content (AvgIpc) is 3.12. The Hall–Kier alpha value is -2.16. The smallest absolute Gasteiger partial charge is 0.225 e. The molecule has 4 rings (SSSR count). The summed E-state index contributed by atoms with van der Waals surface area (Å²) < 4.78 is 32.4. The van der Waals surface area contributed by atoms with Gasteiger partial charge in [-0.3, -0.25) is 4.79 Å². The number of carbonyl (C=O) groups is 1. The van der Waals surface area contributed by atoms with Crippen molar-refractivity contribution in [2.75, 3.05) is 12.4 Å². The molecule has 0 aliphatic carbocycles. The van der Waals surface area contributed by atoms with Crippen LogP contribution in [0.25, 0.3) is 0 Å². The first-order valence-electron chi connectivity index (χ1n) is 8.46. The summed E-state index contributed by atoms with van der Waals surface area (Å²) in [4.78, 5) is 13.5. The minimum Gasteiger partial charge on any atom is -0.497 e. The van der Waals surface area contributed by atoms with E-state index in [1.807, 2.05) is 24.3 Å². The highest BCUT2D eigenvalue weighted by Crippen LogP contribution is 2.46. The molecule has 5 nitrogen and oxygen atoms in total. The maximum atomic E-state index is 13.2. The molecule has 0 saturated carbocycles. The number of carbonyl (C=O) groups excluding carboxylic acids is 1. The molecule has 3 aromatic rings. The zero-order valence-corrected chi connectivity index (χ0v) is 18.0. The maximum Gasteiger partial charge on any atom is 0.225 e. The number of hydrogen-bond donors (Lipinski definition) is 1. The molecular weight excluding hydrogens is 462 g/mol. The van der Waals surface area contributed by atoms with Gasteiger partial charge in [-0.05, 0) is 42.0 Å². The molecule has 1 aliphatic heterocycles. The minimum atomic E-state index is -3.77. The van der Waals surface area contributed by atoms with Gasteiger partial charge in [-0.1, -0.05) is 28.1 Å². The van der Waals surface area contributed by atoms with E-state index in [0.717, 1.165) is 14.9 Å². The van der Waals surface area contributed by atoms with Crippen LogP contribution < -0.4 is 10.1 Å². The van der Waals surface area contributed by atoms with Gasteiger partial charge in [0, 0.05) is 27.1 Å². The third kappa shape index (κ3) is 3.36. The number of sulfone groups is 1. The van der Waals surface area contributed by atoms with Crippen molar-refractivity contribution in [1.29, 1.82) is 0 Å². The van der Waals surface area contributed by atoms with Crippen LogP contribution in [0.1, 0.15) is 22.8 Å². The summed E-state index contributed by atoms with van der Waals surface area (Å²) in [5.74, 6) is 0.211. The predicted molar refractivity (Wildman–Crippen MR) is 112 cm³/mol. The first-order valence-corrected chi connectivity index (χ1v) is 11.6. The van der Waals surface area contributed by atoms with Crippen LogP contribution in [0.15, 0.2) is 68.2 Å². The molecule has 28 heavy (non-hydrogen) atoms. The molecule has 144 valence electrons. The molecule has 1 aromatic heterocycles. The second-order valence-corrected chi connectivity index (χ2v) is 10.1. The van der Waals surface area contributed by atoms with E-state index in [1.54, 1.807) is 17.5 Å². The van der Waals surface area contributed by atoms with Crippen molar-refractivity contribution < 1.29 is 17.9 Å². The largest absolute Gasteiger partial charge is 0.497 e. The van der Waals surface area contributed by atoms with E-state index in [2.05, 4.69) is 21.2 Å². The summed E-state index contributed by atoms with van der Waals surface area (Å²) in [5.41, 5.74) is 1.36. The Labute approximate surface area is 175 Å². The molecule has 2 heterocycles. The summed E-state index contributed by atoms with van der Waals surface area (Å²) in [6.07, 6.45) is 0.284. The number of amides is 1. The highest BCUT2D eigenvalue weighted by atomic mass is 79.9. The number of nitrogens with one attached hydrogen (secondary N) is 1. The number of fused-ring (bicyclic) bond motifs is 1. The van der Waals surface area contributed by atoms with E-state index >= 15 is 0 Å². The molecule has 2 aromatic carbocycles. The third-order valence-corrected chi connectivity index (χ3v) is 8.20. The Morgan fingerprint density at radius 1 is 1.18 bits per heavy atom. The summed E-state index contributed by atoms with van der Waals surface area (Å²) >= 11 is 4.82. The van der Waals surface area contributed by atoms with Gasteiger partial charge in [0.05, 0.1) is 17.7 Å². The number of rotatable bonds is 4. The van der Waals surface area contributed by atoms with Crippen molar-refractivity contribution >= 4 is 48.7 Å². The van der Waals surface area contributed by atoms with Crippen molar-refractivity contribution in [2.24, 2.45) is 0 Å². The molecule has 0 spiro atoms. The quantitative estimate of drug-likeness (QED) is 0.584. The lowest BCUT2D eigenvalue weighted by atomic mass is 9.91. The van der Waals surface area contributed by atoms with E-state index in [0.29, 0.717) is 11.4 Å². The SMILES string of the molecule is COc1ccc(S(=O)(=O)c2csc3c2NC(=O)C[C@H]3c2cccc(Br)c2)cc1. The fraction of sp³-hybridized carbons (Fsp3) is 0.150. The normalized spacial score (nSPS) is 16.4. The third-order valence-electron chi connectivity index (χ3n) is 4.67. The van der Waals surface area contributed by atoms with Crippen molar-refractivity contribution in [3.8, 4) is 5.75 Å². The van der Waals surface area contributed by atoms with Gasteiger partial charge in [0.25, 0.3) is 0 Å². The number of halogens is 1. The molecule has 8 heteroatoms. The van der Waals surface area contributed by atoms with Crippen LogP contribution in [0.4, 0.5) is 5.69 Å². The van der Waals surface area contributed by atoms with E-state index < -0.39 is 9.84 Å². The number of benzene rings is 2. The number of hydrogen-bond acceptors (Lipinski definition) is 5. The van der Waals surface area contributed by atoms with Gasteiger partial charge in [0.15, 0.2) is 0 Å². The van der Waals surface area contributed by atoms with E-state index in [-0.39, 0.29) is 28.0 Å². The van der Waals surface area contributed by atoms with Crippen molar-refractivity contribution in [2.45, 2.75) is 22.1 Å². The topological polar surface area (TPSA) is 72.5 Å². The number of methoxy groups -OCH3 is 1. The first-order chi connectivity index (χ1) is 13.4. The van der Waals surface area contributed by atoms with E-state index in [1.165, 1.54) is 30.6 Å². The van der Waals surface area contributed by atoms with Gasteiger partial charge in [0.1, 0.15) is 10.6 Å². The Morgan fingerprint density at radius 2 is 1.93 bits per heavy atom. The van der Waals surface area contributed by atoms with E-state index in [4.69, 9.17) is 4.74 Å². The summed E-state index contributed by atoms with van der Waals surface area (Å²) in [6.45, 7) is 0. The standard InChI is InChI=1S/C20H16BrNO4S2/c1-26-14-5-7-15(8-6-14)28(24,25)17-11-27-20-16(10-18(23)22-19(17)20)12-3-2-4-13(21)9-12/h2-9,11,16H,10H2,1H3,(H,22,23)/t16-/m0/s1. The lowest BCUT2D eigenvalue weighted by Gasteiger charge is -2.24. The minimum absolute atomic E-state index is 0.130. The second-order valence-electron chi connectivity index (χ2n) is 6.38. The van der Waals surface area contributed by atoms with Crippen LogP contribution in [-0.4, -0.2) is 21.4 Å². The van der Waals surface area contributed by atoms with Crippen LogP contribution in [-0.2, 0) is 14.6 Å². The fourth-order valence-corrected chi connectivity index (χ4v) is 6.60. The number of thiophene rings is 1. The van der Waals surface area contributed by atoms with Crippen molar-refractivity contribution in [3.05, 3.63) is 68.8 Å². The zero-order chi connectivity index (χ0) is 19.9. The Morgan fingerprint density at radius 3 is 2.61 bits per heavy atom. The molecule has 0 saturated heterocycles. The Kier molecular flexibility index (Phi) is 5.03. The van der Waals surface area contributed by atoms with Crippen LogP contribution in [0, 0.1) is 0 Å². The monoisotopic (exact) mass is 477 g/mol. The van der Waals surface area contributed by atoms with Gasteiger partial charge in [0.2, 0.25) is 15.7 Å². The highest BCUT2D eigenvalue weighted by molar-refractivity contribution is 9.10. The molecule has 1 atom stereocenters. The van der Waals surface area contributed by atoms with Crippen LogP contribution in [0.2, 0.25) is 0 Å². The van der Waals surface area contributed by atoms with Gasteiger partial charge in [-0.2, -0.15) is 0 Å². The Bertz CT molecular complexity index is 1150. The van der Waals surface area contributed by atoms with Gasteiger partial charge in [-0.15, -0.1) is 11.3 Å². The lowest BCUT2D eigenvalue weighted by Crippen LogP contribution is -2.23. The fourth-order valence-electron chi connectivity index (χ4n) is 3.28. The van der Waals surface area contributed by atoms with Crippen LogP contribution in [0.3, 0.4) is 0 Å². The number of anilines is 1.